The van der Waals surface area contributed by atoms with E-state index >= 15 is 0 Å². The summed E-state index contributed by atoms with van der Waals surface area (Å²) in [6, 6.07) is 0. The lowest BCUT2D eigenvalue weighted by Crippen LogP contribution is -2.35. The first-order chi connectivity index (χ1) is 7.26. The van der Waals surface area contributed by atoms with Crippen LogP contribution in [0.5, 0.6) is 0 Å². The Morgan fingerprint density at radius 3 is 2.53 bits per heavy atom. The van der Waals surface area contributed by atoms with Crippen molar-refractivity contribution in [3.05, 3.63) is 16.6 Å². The molecule has 0 aromatic carbocycles. The number of nitrogens with zero attached hydrogens (tertiary/aromatic N) is 1. The first-order valence-electron chi connectivity index (χ1n) is 5.85. The molecule has 0 saturated heterocycles. The van der Waals surface area contributed by atoms with Crippen LogP contribution >= 0.6 is 11.3 Å². The van der Waals surface area contributed by atoms with Crippen molar-refractivity contribution >= 4 is 11.3 Å². The molecule has 1 aromatic heterocycles. The third-order valence-electron chi connectivity index (χ3n) is 3.26. The van der Waals surface area contributed by atoms with Crippen LogP contribution in [0.2, 0.25) is 0 Å². The second-order valence-corrected chi connectivity index (χ2v) is 5.07. The maximum Gasteiger partial charge on any atom is 0.0930 e. The van der Waals surface area contributed by atoms with Gasteiger partial charge in [-0.3, -0.25) is 0 Å². The van der Waals surface area contributed by atoms with Crippen molar-refractivity contribution in [3.8, 4) is 0 Å². The Labute approximate surface area is 97.1 Å². The molecule has 15 heavy (non-hydrogen) atoms. The summed E-state index contributed by atoms with van der Waals surface area (Å²) in [4.78, 5) is 4.40. The first-order valence-corrected chi connectivity index (χ1v) is 6.73. The summed E-state index contributed by atoms with van der Waals surface area (Å²) in [7, 11) is 0. The SMILES string of the molecule is CCNCC(CC)(CC)Cc1nccs1. The van der Waals surface area contributed by atoms with E-state index in [1.807, 2.05) is 6.20 Å². The summed E-state index contributed by atoms with van der Waals surface area (Å²) >= 11 is 1.78. The van der Waals surface area contributed by atoms with Gasteiger partial charge in [0.05, 0.1) is 5.01 Å². The minimum Gasteiger partial charge on any atom is -0.316 e. The minimum atomic E-state index is 0.397. The standard InChI is InChI=1S/C12H22N2S/c1-4-12(5-2,10-13-6-3)9-11-14-7-8-15-11/h7-8,13H,4-6,9-10H2,1-3H3. The van der Waals surface area contributed by atoms with Crippen LogP contribution in [-0.2, 0) is 6.42 Å². The third-order valence-corrected chi connectivity index (χ3v) is 4.04. The van der Waals surface area contributed by atoms with Crippen LogP contribution in [0.1, 0.15) is 38.6 Å². The van der Waals surface area contributed by atoms with Crippen molar-refractivity contribution in [3.63, 3.8) is 0 Å². The van der Waals surface area contributed by atoms with Crippen LogP contribution in [0, 0.1) is 5.41 Å². The van der Waals surface area contributed by atoms with Crippen molar-refractivity contribution in [2.24, 2.45) is 5.41 Å². The Morgan fingerprint density at radius 2 is 2.07 bits per heavy atom. The van der Waals surface area contributed by atoms with Gasteiger partial charge in [-0.1, -0.05) is 20.8 Å². The molecule has 0 radical (unpaired) electrons. The summed E-state index contributed by atoms with van der Waals surface area (Å²) in [5.74, 6) is 0. The lowest BCUT2D eigenvalue weighted by Gasteiger charge is -2.31. The Hall–Kier alpha value is -0.410. The molecule has 0 amide bonds. The van der Waals surface area contributed by atoms with Gasteiger partial charge in [-0.2, -0.15) is 0 Å². The second-order valence-electron chi connectivity index (χ2n) is 4.09. The maximum absolute atomic E-state index is 4.40. The molecular formula is C12H22N2S. The largest absolute Gasteiger partial charge is 0.316 e. The molecule has 1 N–H and O–H groups in total. The molecule has 0 bridgehead atoms. The van der Waals surface area contributed by atoms with E-state index in [2.05, 4.69) is 36.5 Å². The zero-order valence-corrected chi connectivity index (χ0v) is 10.9. The number of nitrogens with one attached hydrogen (secondary N) is 1. The van der Waals surface area contributed by atoms with Gasteiger partial charge in [-0.25, -0.2) is 4.98 Å². The highest BCUT2D eigenvalue weighted by atomic mass is 32.1. The fourth-order valence-corrected chi connectivity index (χ4v) is 2.65. The lowest BCUT2D eigenvalue weighted by atomic mass is 9.79. The quantitative estimate of drug-likeness (QED) is 0.773. The van der Waals surface area contributed by atoms with Crippen molar-refractivity contribution in [2.45, 2.75) is 40.0 Å². The Balaban J connectivity index is 2.63. The van der Waals surface area contributed by atoms with E-state index < -0.39 is 0 Å². The molecule has 0 aliphatic rings. The van der Waals surface area contributed by atoms with Crippen molar-refractivity contribution in [1.82, 2.24) is 10.3 Å². The fraction of sp³-hybridized carbons (Fsp3) is 0.750. The fourth-order valence-electron chi connectivity index (χ4n) is 1.86. The van der Waals surface area contributed by atoms with Gasteiger partial charge in [-0.05, 0) is 24.8 Å². The van der Waals surface area contributed by atoms with Gasteiger partial charge in [0.15, 0.2) is 0 Å². The van der Waals surface area contributed by atoms with E-state index in [-0.39, 0.29) is 0 Å². The topological polar surface area (TPSA) is 24.9 Å². The summed E-state index contributed by atoms with van der Waals surface area (Å²) in [5.41, 5.74) is 0.397. The third kappa shape index (κ3) is 3.58. The average molecular weight is 226 g/mol. The van der Waals surface area contributed by atoms with E-state index in [1.54, 1.807) is 11.3 Å². The van der Waals surface area contributed by atoms with Gasteiger partial charge >= 0.3 is 0 Å². The van der Waals surface area contributed by atoms with Gasteiger partial charge < -0.3 is 5.32 Å². The molecule has 0 atom stereocenters. The smallest absolute Gasteiger partial charge is 0.0930 e. The molecule has 0 fully saturated rings. The molecule has 1 heterocycles. The molecule has 1 aromatic rings. The van der Waals surface area contributed by atoms with Gasteiger partial charge in [0.2, 0.25) is 0 Å². The Kier molecular flexibility index (Phi) is 5.26. The molecule has 2 nitrogen and oxygen atoms in total. The number of hydrogen-bond acceptors (Lipinski definition) is 3. The van der Waals surface area contributed by atoms with Crippen molar-refractivity contribution in [1.29, 1.82) is 0 Å². The average Bonchev–Trinajstić information content (AvgIpc) is 2.77. The van der Waals surface area contributed by atoms with E-state index in [4.69, 9.17) is 0 Å². The first kappa shape index (κ1) is 12.7. The van der Waals surface area contributed by atoms with Crippen LogP contribution in [0.15, 0.2) is 11.6 Å². The molecular weight excluding hydrogens is 204 g/mol. The Bertz CT molecular complexity index is 253. The highest BCUT2D eigenvalue weighted by molar-refractivity contribution is 7.09. The number of aromatic nitrogens is 1. The minimum absolute atomic E-state index is 0.397. The monoisotopic (exact) mass is 226 g/mol. The molecule has 0 unspecified atom stereocenters. The zero-order chi connectivity index (χ0) is 11.1. The van der Waals surface area contributed by atoms with E-state index in [9.17, 15) is 0 Å². The van der Waals surface area contributed by atoms with Crippen LogP contribution < -0.4 is 5.32 Å². The molecule has 0 spiro atoms. The summed E-state index contributed by atoms with van der Waals surface area (Å²) in [6.45, 7) is 8.90. The zero-order valence-electron chi connectivity index (χ0n) is 10.0. The molecule has 0 aliphatic carbocycles. The lowest BCUT2D eigenvalue weighted by molar-refractivity contribution is 0.248. The van der Waals surface area contributed by atoms with Gasteiger partial charge in [-0.15, -0.1) is 11.3 Å². The van der Waals surface area contributed by atoms with E-state index in [0.717, 1.165) is 19.5 Å². The van der Waals surface area contributed by atoms with Crippen LogP contribution in [0.3, 0.4) is 0 Å². The highest BCUT2D eigenvalue weighted by Crippen LogP contribution is 2.30. The molecule has 1 rings (SSSR count). The summed E-state index contributed by atoms with van der Waals surface area (Å²) in [5, 5.41) is 6.82. The predicted octanol–water partition coefficient (Wildman–Crippen LogP) is 3.10. The van der Waals surface area contributed by atoms with Crippen LogP contribution in [0.4, 0.5) is 0 Å². The van der Waals surface area contributed by atoms with E-state index in [1.165, 1.54) is 17.8 Å². The van der Waals surface area contributed by atoms with E-state index in [0.29, 0.717) is 5.41 Å². The van der Waals surface area contributed by atoms with Crippen molar-refractivity contribution in [2.75, 3.05) is 13.1 Å². The van der Waals surface area contributed by atoms with Gasteiger partial charge in [0.1, 0.15) is 0 Å². The molecule has 3 heteroatoms. The highest BCUT2D eigenvalue weighted by Gasteiger charge is 2.26. The maximum atomic E-state index is 4.40. The number of rotatable bonds is 7. The molecule has 0 saturated carbocycles. The van der Waals surface area contributed by atoms with Crippen LogP contribution in [-0.4, -0.2) is 18.1 Å². The molecule has 86 valence electrons. The van der Waals surface area contributed by atoms with Gasteiger partial charge in [0, 0.05) is 24.5 Å². The van der Waals surface area contributed by atoms with Crippen LogP contribution in [0.25, 0.3) is 0 Å². The van der Waals surface area contributed by atoms with Crippen molar-refractivity contribution < 1.29 is 0 Å². The summed E-state index contributed by atoms with van der Waals surface area (Å²) < 4.78 is 0. The Morgan fingerprint density at radius 1 is 1.33 bits per heavy atom. The predicted molar refractivity (Wildman–Crippen MR) is 67.4 cm³/mol. The van der Waals surface area contributed by atoms with Gasteiger partial charge in [0.25, 0.3) is 0 Å². The number of hydrogen-bond donors (Lipinski definition) is 1. The second kappa shape index (κ2) is 6.23. The molecule has 0 aliphatic heterocycles. The normalized spacial score (nSPS) is 11.9. The summed E-state index contributed by atoms with van der Waals surface area (Å²) in [6.07, 6.45) is 5.46. The number of thiazole rings is 1.